The Hall–Kier alpha value is -0.160. The van der Waals surface area contributed by atoms with Crippen LogP contribution in [0.5, 0.6) is 0 Å². The molecule has 0 spiro atoms. The summed E-state index contributed by atoms with van der Waals surface area (Å²) in [5.41, 5.74) is 5.01. The molecule has 0 aliphatic carbocycles. The fourth-order valence-corrected chi connectivity index (χ4v) is 0.118. The molecule has 0 radical (unpaired) electrons. The molecule has 0 fully saturated rings. The van der Waals surface area contributed by atoms with Crippen LogP contribution in [-0.4, -0.2) is 30.8 Å². The molecule has 0 saturated heterocycles. The minimum atomic E-state index is 0. The smallest absolute Gasteiger partial charge is 0.0584 e. The number of rotatable bonds is 2. The molecule has 0 rings (SSSR count). The zero-order chi connectivity index (χ0) is 6.12. The summed E-state index contributed by atoms with van der Waals surface area (Å²) >= 11 is 0. The van der Waals surface area contributed by atoms with E-state index in [-0.39, 0.29) is 1.43 Å². The molecule has 0 aliphatic rings. The molecule has 0 heterocycles. The average Bonchev–Trinajstić information content (AvgIpc) is 1.75. The van der Waals surface area contributed by atoms with Crippen LogP contribution in [0.1, 0.15) is 1.43 Å². The highest BCUT2D eigenvalue weighted by molar-refractivity contribution is 4.22. The third-order valence-corrected chi connectivity index (χ3v) is 0.322. The Kier molecular flexibility index (Phi) is 24.1. The van der Waals surface area contributed by atoms with Crippen molar-refractivity contribution in [3.8, 4) is 0 Å². The van der Waals surface area contributed by atoms with Crippen LogP contribution in [0.4, 0.5) is 0 Å². The Morgan fingerprint density at radius 3 is 2.14 bits per heavy atom. The van der Waals surface area contributed by atoms with Crippen LogP contribution in [-0.2, 0) is 4.74 Å². The Balaban J connectivity index is -0.0000000750. The van der Waals surface area contributed by atoms with E-state index in [1.165, 1.54) is 0 Å². The van der Waals surface area contributed by atoms with E-state index in [9.17, 15) is 0 Å². The fourth-order valence-electron chi connectivity index (χ4n) is 0.118. The Labute approximate surface area is 43.9 Å². The summed E-state index contributed by atoms with van der Waals surface area (Å²) in [6, 6.07) is 0. The van der Waals surface area contributed by atoms with E-state index in [0.29, 0.717) is 13.2 Å². The molecule has 4 N–H and O–H groups in total. The molecule has 0 aromatic carbocycles. The van der Waals surface area contributed by atoms with Crippen molar-refractivity contribution < 1.29 is 16.7 Å². The normalized spacial score (nSPS) is 6.86. The molecule has 0 unspecified atom stereocenters. The summed E-state index contributed by atoms with van der Waals surface area (Å²) in [7, 11) is 1.63. The molecule has 4 nitrogen and oxygen atoms in total. The number of hydrogen-bond donors (Lipinski definition) is 3. The van der Waals surface area contributed by atoms with Gasteiger partial charge in [0.2, 0.25) is 0 Å². The lowest BCUT2D eigenvalue weighted by Crippen LogP contribution is -2.05. The summed E-state index contributed by atoms with van der Waals surface area (Å²) in [6.07, 6.45) is 0. The number of methoxy groups -OCH3 is 1. The van der Waals surface area contributed by atoms with Gasteiger partial charge in [-0.05, 0) is 0 Å². The molecule has 0 bridgehead atoms. The molecule has 7 heavy (non-hydrogen) atoms. The Morgan fingerprint density at radius 1 is 1.71 bits per heavy atom. The maximum atomic E-state index is 6.00. The second kappa shape index (κ2) is 17.0. The summed E-state index contributed by atoms with van der Waals surface area (Å²) in [6.45, 7) is 1.29. The molecule has 4 heteroatoms. The maximum absolute atomic E-state index is 6.00. The van der Waals surface area contributed by atoms with Gasteiger partial charge in [0.1, 0.15) is 0 Å². The molecule has 48 valence electrons. The highest BCUT2D eigenvalue weighted by atomic mass is 17.0. The van der Waals surface area contributed by atoms with Crippen LogP contribution in [0.2, 0.25) is 0 Å². The van der Waals surface area contributed by atoms with Crippen LogP contribution >= 0.6 is 0 Å². The van der Waals surface area contributed by atoms with E-state index in [0.717, 1.165) is 0 Å². The monoisotopic (exact) mass is 111 g/mol. The molecule has 0 saturated carbocycles. The predicted molar refractivity (Wildman–Crippen MR) is 28.3 cm³/mol. The zero-order valence-electron chi connectivity index (χ0n) is 4.29. The first-order valence-corrected chi connectivity index (χ1v) is 1.81. The van der Waals surface area contributed by atoms with E-state index in [1.54, 1.807) is 7.11 Å². The number of nitrogens with two attached hydrogens (primary N) is 1. The van der Waals surface area contributed by atoms with E-state index in [4.69, 9.17) is 16.2 Å². The van der Waals surface area contributed by atoms with Crippen LogP contribution < -0.4 is 5.73 Å². The summed E-state index contributed by atoms with van der Waals surface area (Å²) in [4.78, 5) is 0. The van der Waals surface area contributed by atoms with Gasteiger partial charge in [0, 0.05) is 15.1 Å². The standard InChI is InChI=1S/C3H9NO.H2O2.H2/c1-5-3-2-4;1-2;/h2-4H2,1H3;1-2H;1H. The molecular weight excluding hydrogens is 98.0 g/mol. The van der Waals surface area contributed by atoms with Gasteiger partial charge < -0.3 is 10.5 Å². The molecule has 0 atom stereocenters. The van der Waals surface area contributed by atoms with Crippen molar-refractivity contribution in [2.75, 3.05) is 20.3 Å². The van der Waals surface area contributed by atoms with Crippen molar-refractivity contribution in [1.82, 2.24) is 0 Å². The second-order valence-corrected chi connectivity index (χ2v) is 0.781. The van der Waals surface area contributed by atoms with Crippen molar-refractivity contribution in [1.29, 1.82) is 0 Å². The summed E-state index contributed by atoms with van der Waals surface area (Å²) in [5, 5.41) is 12.0. The van der Waals surface area contributed by atoms with E-state index < -0.39 is 0 Å². The van der Waals surface area contributed by atoms with E-state index in [1.807, 2.05) is 0 Å². The van der Waals surface area contributed by atoms with Crippen LogP contribution in [0, 0.1) is 0 Å². The van der Waals surface area contributed by atoms with Gasteiger partial charge in [-0.1, -0.05) is 0 Å². The third kappa shape index (κ3) is 25.4. The van der Waals surface area contributed by atoms with Gasteiger partial charge in [0.25, 0.3) is 0 Å². The lowest BCUT2D eigenvalue weighted by atomic mass is 10.7. The van der Waals surface area contributed by atoms with E-state index in [2.05, 4.69) is 4.74 Å². The van der Waals surface area contributed by atoms with Crippen molar-refractivity contribution in [2.45, 2.75) is 0 Å². The maximum Gasteiger partial charge on any atom is 0.0584 e. The Bertz CT molecular complexity index is 22.0. The molecule has 0 aliphatic heterocycles. The molecule has 0 aromatic rings. The van der Waals surface area contributed by atoms with Crippen LogP contribution in [0.15, 0.2) is 0 Å². The van der Waals surface area contributed by atoms with Gasteiger partial charge in [-0.2, -0.15) is 0 Å². The van der Waals surface area contributed by atoms with Gasteiger partial charge in [-0.25, -0.2) is 0 Å². The van der Waals surface area contributed by atoms with Gasteiger partial charge >= 0.3 is 0 Å². The molecule has 0 aromatic heterocycles. The second-order valence-electron chi connectivity index (χ2n) is 0.781. The van der Waals surface area contributed by atoms with Crippen molar-refractivity contribution in [3.63, 3.8) is 0 Å². The van der Waals surface area contributed by atoms with Gasteiger partial charge in [0.15, 0.2) is 0 Å². The average molecular weight is 111 g/mol. The lowest BCUT2D eigenvalue weighted by Gasteiger charge is -1.85. The number of hydrogen-bond acceptors (Lipinski definition) is 4. The lowest BCUT2D eigenvalue weighted by molar-refractivity contribution is -0.176. The fraction of sp³-hybridized carbons (Fsp3) is 1.00. The predicted octanol–water partition coefficient (Wildman–Crippen LogP) is -0.145. The first kappa shape index (κ1) is 9.96. The highest BCUT2D eigenvalue weighted by Gasteiger charge is 1.65. The summed E-state index contributed by atoms with van der Waals surface area (Å²) < 4.78 is 4.57. The molecule has 0 amide bonds. The first-order chi connectivity index (χ1) is 3.41. The molecular formula is C3H13NO3. The summed E-state index contributed by atoms with van der Waals surface area (Å²) in [5.74, 6) is 0. The number of ether oxygens (including phenoxy) is 1. The minimum Gasteiger partial charge on any atom is -0.383 e. The van der Waals surface area contributed by atoms with Crippen molar-refractivity contribution in [3.05, 3.63) is 0 Å². The third-order valence-electron chi connectivity index (χ3n) is 0.322. The van der Waals surface area contributed by atoms with Gasteiger partial charge in [-0.3, -0.25) is 10.5 Å². The van der Waals surface area contributed by atoms with Gasteiger partial charge in [0.05, 0.1) is 6.61 Å². The van der Waals surface area contributed by atoms with Gasteiger partial charge in [-0.15, -0.1) is 0 Å². The van der Waals surface area contributed by atoms with Crippen molar-refractivity contribution in [2.24, 2.45) is 5.73 Å². The zero-order valence-corrected chi connectivity index (χ0v) is 4.29. The van der Waals surface area contributed by atoms with Crippen molar-refractivity contribution >= 4 is 0 Å². The first-order valence-electron chi connectivity index (χ1n) is 1.81. The SMILES string of the molecule is COCCN.OO.[HH]. The van der Waals surface area contributed by atoms with Crippen LogP contribution in [0.3, 0.4) is 0 Å². The Morgan fingerprint density at radius 2 is 2.14 bits per heavy atom. The van der Waals surface area contributed by atoms with E-state index >= 15 is 0 Å². The van der Waals surface area contributed by atoms with Crippen LogP contribution in [0.25, 0.3) is 0 Å². The minimum absolute atomic E-state index is 0. The quantitative estimate of drug-likeness (QED) is 0.342. The largest absolute Gasteiger partial charge is 0.383 e. The highest BCUT2D eigenvalue weighted by Crippen LogP contribution is 1.53. The topological polar surface area (TPSA) is 75.7 Å².